The summed E-state index contributed by atoms with van der Waals surface area (Å²) >= 11 is 0. The molecule has 0 amide bonds. The molecule has 1 saturated heterocycles. The van der Waals surface area contributed by atoms with Crippen molar-refractivity contribution < 1.29 is 13.9 Å². The standard InChI is InChI=1S/C16H14FN5O2/c17-10-3-1-9(2-4-10)12-7-19-14-13(20-12)15(22-16(18)21-14)24-11-5-6-23-8-11/h1-4,7,11H,5-6,8H2,(H2,18,19,21,22). The van der Waals surface area contributed by atoms with E-state index in [1.807, 2.05) is 0 Å². The fraction of sp³-hybridized carbons (Fsp3) is 0.250. The van der Waals surface area contributed by atoms with E-state index in [1.54, 1.807) is 18.3 Å². The van der Waals surface area contributed by atoms with Crippen LogP contribution in [0.1, 0.15) is 6.42 Å². The second kappa shape index (κ2) is 5.97. The van der Waals surface area contributed by atoms with E-state index in [0.717, 1.165) is 12.0 Å². The Labute approximate surface area is 136 Å². The maximum atomic E-state index is 13.1. The third-order valence-corrected chi connectivity index (χ3v) is 3.70. The molecule has 3 heterocycles. The molecule has 3 aromatic rings. The molecule has 1 aromatic carbocycles. The predicted octanol–water partition coefficient (Wildman–Crippen LogP) is 1.98. The molecule has 0 radical (unpaired) electrons. The van der Waals surface area contributed by atoms with Gasteiger partial charge in [-0.1, -0.05) is 0 Å². The van der Waals surface area contributed by atoms with Gasteiger partial charge in [0.2, 0.25) is 11.8 Å². The topological polar surface area (TPSA) is 96.0 Å². The van der Waals surface area contributed by atoms with Crippen LogP contribution in [-0.4, -0.2) is 39.3 Å². The zero-order chi connectivity index (χ0) is 16.5. The summed E-state index contributed by atoms with van der Waals surface area (Å²) in [5, 5.41) is 0. The number of rotatable bonds is 3. The van der Waals surface area contributed by atoms with E-state index in [4.69, 9.17) is 15.2 Å². The van der Waals surface area contributed by atoms with Crippen LogP contribution in [-0.2, 0) is 4.74 Å². The summed E-state index contributed by atoms with van der Waals surface area (Å²) in [7, 11) is 0. The number of halogens is 1. The first-order valence-corrected chi connectivity index (χ1v) is 7.49. The lowest BCUT2D eigenvalue weighted by Gasteiger charge is -2.12. The van der Waals surface area contributed by atoms with Crippen LogP contribution in [0, 0.1) is 5.82 Å². The lowest BCUT2D eigenvalue weighted by atomic mass is 10.1. The van der Waals surface area contributed by atoms with Gasteiger partial charge in [0.1, 0.15) is 11.9 Å². The predicted molar refractivity (Wildman–Crippen MR) is 84.8 cm³/mol. The van der Waals surface area contributed by atoms with Gasteiger partial charge in [0.25, 0.3) is 0 Å². The van der Waals surface area contributed by atoms with Crippen LogP contribution < -0.4 is 10.5 Å². The Bertz CT molecular complexity index is 882. The molecule has 1 atom stereocenters. The Balaban J connectivity index is 1.78. The molecular formula is C16H14FN5O2. The monoisotopic (exact) mass is 327 g/mol. The maximum Gasteiger partial charge on any atom is 0.247 e. The molecule has 4 rings (SSSR count). The van der Waals surface area contributed by atoms with Crippen LogP contribution >= 0.6 is 0 Å². The summed E-state index contributed by atoms with van der Waals surface area (Å²) in [4.78, 5) is 17.0. The number of anilines is 1. The van der Waals surface area contributed by atoms with E-state index in [2.05, 4.69) is 19.9 Å². The van der Waals surface area contributed by atoms with E-state index in [0.29, 0.717) is 30.1 Å². The van der Waals surface area contributed by atoms with E-state index in [9.17, 15) is 4.39 Å². The highest BCUT2D eigenvalue weighted by Crippen LogP contribution is 2.26. The Morgan fingerprint density at radius 2 is 2.00 bits per heavy atom. The normalized spacial score (nSPS) is 17.3. The summed E-state index contributed by atoms with van der Waals surface area (Å²) < 4.78 is 24.3. The molecule has 0 bridgehead atoms. The van der Waals surface area contributed by atoms with Gasteiger partial charge in [-0.3, -0.25) is 0 Å². The number of hydrogen-bond acceptors (Lipinski definition) is 7. The number of nitrogens with zero attached hydrogens (tertiary/aromatic N) is 4. The molecule has 7 nitrogen and oxygen atoms in total. The van der Waals surface area contributed by atoms with Crippen LogP contribution in [0.2, 0.25) is 0 Å². The highest BCUT2D eigenvalue weighted by molar-refractivity contribution is 5.79. The van der Waals surface area contributed by atoms with Crippen LogP contribution in [0.25, 0.3) is 22.4 Å². The molecule has 2 N–H and O–H groups in total. The van der Waals surface area contributed by atoms with Crippen molar-refractivity contribution in [3.8, 4) is 17.1 Å². The Kier molecular flexibility index (Phi) is 3.66. The van der Waals surface area contributed by atoms with E-state index < -0.39 is 0 Å². The van der Waals surface area contributed by atoms with Crippen molar-refractivity contribution in [1.29, 1.82) is 0 Å². The highest BCUT2D eigenvalue weighted by atomic mass is 19.1. The van der Waals surface area contributed by atoms with Gasteiger partial charge in [0.15, 0.2) is 11.2 Å². The summed E-state index contributed by atoms with van der Waals surface area (Å²) in [6.07, 6.45) is 2.24. The SMILES string of the molecule is Nc1nc(OC2CCOC2)c2nc(-c3ccc(F)cc3)cnc2n1. The Morgan fingerprint density at radius 1 is 1.17 bits per heavy atom. The van der Waals surface area contributed by atoms with Crippen molar-refractivity contribution in [3.05, 3.63) is 36.3 Å². The Hall–Kier alpha value is -2.87. The number of hydrogen-bond donors (Lipinski definition) is 1. The quantitative estimate of drug-likeness (QED) is 0.785. The lowest BCUT2D eigenvalue weighted by Crippen LogP contribution is -2.17. The van der Waals surface area contributed by atoms with Crippen molar-refractivity contribution >= 4 is 17.1 Å². The number of nitrogen functional groups attached to an aromatic ring is 1. The van der Waals surface area contributed by atoms with E-state index in [1.165, 1.54) is 12.1 Å². The highest BCUT2D eigenvalue weighted by Gasteiger charge is 2.21. The zero-order valence-electron chi connectivity index (χ0n) is 12.6. The molecule has 1 aliphatic rings. The third-order valence-electron chi connectivity index (χ3n) is 3.70. The van der Waals surface area contributed by atoms with Crippen LogP contribution in [0.4, 0.5) is 10.3 Å². The van der Waals surface area contributed by atoms with Crippen molar-refractivity contribution in [3.63, 3.8) is 0 Å². The fourth-order valence-electron chi connectivity index (χ4n) is 2.50. The molecule has 1 fully saturated rings. The van der Waals surface area contributed by atoms with E-state index >= 15 is 0 Å². The summed E-state index contributed by atoms with van der Waals surface area (Å²) in [6.45, 7) is 1.14. The van der Waals surface area contributed by atoms with Crippen molar-refractivity contribution in [1.82, 2.24) is 19.9 Å². The zero-order valence-corrected chi connectivity index (χ0v) is 12.6. The minimum atomic E-state index is -0.311. The molecule has 1 unspecified atom stereocenters. The second-order valence-corrected chi connectivity index (χ2v) is 5.42. The van der Waals surface area contributed by atoms with Gasteiger partial charge >= 0.3 is 0 Å². The minimum Gasteiger partial charge on any atom is -0.470 e. The second-order valence-electron chi connectivity index (χ2n) is 5.42. The first kappa shape index (κ1) is 14.7. The third kappa shape index (κ3) is 2.83. The number of ether oxygens (including phenoxy) is 2. The Morgan fingerprint density at radius 3 is 2.75 bits per heavy atom. The molecule has 0 spiro atoms. The van der Waals surface area contributed by atoms with Gasteiger partial charge in [0.05, 0.1) is 25.1 Å². The van der Waals surface area contributed by atoms with Crippen molar-refractivity contribution in [2.24, 2.45) is 0 Å². The molecule has 122 valence electrons. The average molecular weight is 327 g/mol. The summed E-state index contributed by atoms with van der Waals surface area (Å²) in [6, 6.07) is 6.01. The van der Waals surface area contributed by atoms with Crippen LogP contribution in [0.3, 0.4) is 0 Å². The number of benzene rings is 1. The smallest absolute Gasteiger partial charge is 0.247 e. The molecule has 2 aromatic heterocycles. The first-order valence-electron chi connectivity index (χ1n) is 7.49. The van der Waals surface area contributed by atoms with Gasteiger partial charge in [-0.05, 0) is 24.3 Å². The number of fused-ring (bicyclic) bond motifs is 1. The molecule has 0 aliphatic carbocycles. The lowest BCUT2D eigenvalue weighted by molar-refractivity contribution is 0.139. The summed E-state index contributed by atoms with van der Waals surface area (Å²) in [5.41, 5.74) is 7.79. The minimum absolute atomic E-state index is 0.0697. The van der Waals surface area contributed by atoms with Gasteiger partial charge in [0, 0.05) is 12.0 Å². The van der Waals surface area contributed by atoms with Crippen LogP contribution in [0.5, 0.6) is 5.88 Å². The largest absolute Gasteiger partial charge is 0.470 e. The van der Waals surface area contributed by atoms with Gasteiger partial charge in [-0.25, -0.2) is 14.4 Å². The molecule has 0 saturated carbocycles. The molecular weight excluding hydrogens is 313 g/mol. The molecule has 1 aliphatic heterocycles. The van der Waals surface area contributed by atoms with Gasteiger partial charge < -0.3 is 15.2 Å². The van der Waals surface area contributed by atoms with Gasteiger partial charge in [-0.15, -0.1) is 0 Å². The van der Waals surface area contributed by atoms with Crippen LogP contribution in [0.15, 0.2) is 30.5 Å². The fourth-order valence-corrected chi connectivity index (χ4v) is 2.50. The number of aromatic nitrogens is 4. The van der Waals surface area contributed by atoms with E-state index in [-0.39, 0.29) is 23.7 Å². The average Bonchev–Trinajstić information content (AvgIpc) is 3.08. The first-order chi connectivity index (χ1) is 11.7. The molecule has 24 heavy (non-hydrogen) atoms. The summed E-state index contributed by atoms with van der Waals surface area (Å²) in [5.74, 6) is 0.0403. The number of nitrogens with two attached hydrogens (primary N) is 1. The van der Waals surface area contributed by atoms with Crippen molar-refractivity contribution in [2.45, 2.75) is 12.5 Å². The van der Waals surface area contributed by atoms with Crippen molar-refractivity contribution in [2.75, 3.05) is 18.9 Å². The maximum absolute atomic E-state index is 13.1. The molecule has 8 heteroatoms. The van der Waals surface area contributed by atoms with Gasteiger partial charge in [-0.2, -0.15) is 9.97 Å².